The molecule has 0 atom stereocenters. The summed E-state index contributed by atoms with van der Waals surface area (Å²) < 4.78 is 0. The molecule has 2 aromatic carbocycles. The molecule has 2 rings (SSSR count). The van der Waals surface area contributed by atoms with Gasteiger partial charge in [0, 0.05) is 12.7 Å². The zero-order valence-electron chi connectivity index (χ0n) is 9.59. The second-order valence-electron chi connectivity index (χ2n) is 3.70. The summed E-state index contributed by atoms with van der Waals surface area (Å²) in [5, 5.41) is 7.73. The summed E-state index contributed by atoms with van der Waals surface area (Å²) in [6.07, 6.45) is 0. The predicted octanol–water partition coefficient (Wildman–Crippen LogP) is 3.23. The molecule has 0 radical (unpaired) electrons. The molecule has 0 aliphatic heterocycles. The highest BCUT2D eigenvalue weighted by Gasteiger charge is 2.02. The van der Waals surface area contributed by atoms with E-state index in [1.807, 2.05) is 42.5 Å². The number of nitrogens with two attached hydrogens (primary N) is 2. The van der Waals surface area contributed by atoms with Gasteiger partial charge >= 0.3 is 0 Å². The molecular weight excluding hydrogens is 212 g/mol. The molecule has 0 aliphatic carbocycles. The van der Waals surface area contributed by atoms with Gasteiger partial charge in [-0.2, -0.15) is 10.2 Å². The summed E-state index contributed by atoms with van der Waals surface area (Å²) in [5.74, 6) is 0. The molecule has 0 aromatic heterocycles. The first-order chi connectivity index (χ1) is 8.20. The molecule has 86 valence electrons. The van der Waals surface area contributed by atoms with Crippen LogP contribution in [-0.4, -0.2) is 7.05 Å². The Morgan fingerprint density at radius 2 is 1.53 bits per heavy atom. The first kappa shape index (κ1) is 11.1. The minimum Gasteiger partial charge on any atom is -0.399 e. The van der Waals surface area contributed by atoms with E-state index in [1.54, 1.807) is 7.05 Å². The van der Waals surface area contributed by atoms with Crippen molar-refractivity contribution in [2.45, 2.75) is 0 Å². The number of anilines is 2. The van der Waals surface area contributed by atoms with Crippen molar-refractivity contribution in [3.05, 3.63) is 42.5 Å². The fraction of sp³-hybridized carbons (Fsp3) is 0.0769. The lowest BCUT2D eigenvalue weighted by Gasteiger charge is -2.05. The van der Waals surface area contributed by atoms with Crippen LogP contribution in [0.2, 0.25) is 0 Å². The number of nitrogen functional groups attached to an aromatic ring is 2. The molecule has 4 nitrogen and oxygen atoms in total. The number of hydrogen-bond donors (Lipinski definition) is 2. The largest absolute Gasteiger partial charge is 0.399 e. The second kappa shape index (κ2) is 4.65. The van der Waals surface area contributed by atoms with Crippen molar-refractivity contribution in [1.82, 2.24) is 0 Å². The molecule has 0 unspecified atom stereocenters. The number of benzene rings is 2. The average molecular weight is 226 g/mol. The van der Waals surface area contributed by atoms with Gasteiger partial charge < -0.3 is 11.5 Å². The van der Waals surface area contributed by atoms with Crippen LogP contribution < -0.4 is 11.5 Å². The highest BCUT2D eigenvalue weighted by molar-refractivity contribution is 5.74. The third-order valence-electron chi connectivity index (χ3n) is 2.48. The zero-order valence-corrected chi connectivity index (χ0v) is 9.59. The molecule has 0 amide bonds. The molecule has 0 saturated heterocycles. The van der Waals surface area contributed by atoms with Crippen LogP contribution in [0.25, 0.3) is 11.1 Å². The van der Waals surface area contributed by atoms with Crippen molar-refractivity contribution >= 4 is 17.1 Å². The van der Waals surface area contributed by atoms with Crippen LogP contribution in [0.3, 0.4) is 0 Å². The van der Waals surface area contributed by atoms with Crippen molar-refractivity contribution in [2.24, 2.45) is 10.2 Å². The Labute approximate surface area is 100.0 Å². The number of rotatable bonds is 2. The van der Waals surface area contributed by atoms with Crippen molar-refractivity contribution in [3.63, 3.8) is 0 Å². The van der Waals surface area contributed by atoms with Crippen LogP contribution in [0.1, 0.15) is 0 Å². The standard InChI is InChI=1S/C13H14N4/c1-16-17-13-8-10(4-7-12(13)15)9-2-5-11(14)6-3-9/h2-8H,14-15H2,1H3. The van der Waals surface area contributed by atoms with Crippen molar-refractivity contribution in [1.29, 1.82) is 0 Å². The molecule has 4 N–H and O–H groups in total. The van der Waals surface area contributed by atoms with Gasteiger partial charge in [0.05, 0.1) is 5.69 Å². The Hall–Kier alpha value is -2.36. The van der Waals surface area contributed by atoms with Gasteiger partial charge in [-0.3, -0.25) is 0 Å². The lowest BCUT2D eigenvalue weighted by Crippen LogP contribution is -1.87. The van der Waals surface area contributed by atoms with E-state index in [-0.39, 0.29) is 0 Å². The Morgan fingerprint density at radius 1 is 0.882 bits per heavy atom. The predicted molar refractivity (Wildman–Crippen MR) is 71.1 cm³/mol. The minimum absolute atomic E-state index is 0.620. The van der Waals surface area contributed by atoms with Gasteiger partial charge in [-0.1, -0.05) is 18.2 Å². The van der Waals surface area contributed by atoms with E-state index in [1.165, 1.54) is 0 Å². The number of hydrogen-bond acceptors (Lipinski definition) is 4. The molecule has 2 aromatic rings. The van der Waals surface area contributed by atoms with Gasteiger partial charge in [0.1, 0.15) is 5.69 Å². The Kier molecular flexibility index (Phi) is 3.05. The maximum atomic E-state index is 5.80. The maximum Gasteiger partial charge on any atom is 0.109 e. The van der Waals surface area contributed by atoms with E-state index < -0.39 is 0 Å². The highest BCUT2D eigenvalue weighted by Crippen LogP contribution is 2.29. The average Bonchev–Trinajstić information content (AvgIpc) is 2.33. The highest BCUT2D eigenvalue weighted by atomic mass is 15.1. The molecule has 0 bridgehead atoms. The fourth-order valence-electron chi connectivity index (χ4n) is 1.59. The van der Waals surface area contributed by atoms with Gasteiger partial charge in [-0.15, -0.1) is 0 Å². The van der Waals surface area contributed by atoms with E-state index in [9.17, 15) is 0 Å². The van der Waals surface area contributed by atoms with E-state index in [2.05, 4.69) is 10.2 Å². The lowest BCUT2D eigenvalue weighted by molar-refractivity contribution is 1.17. The molecular formula is C13H14N4. The van der Waals surface area contributed by atoms with Crippen LogP contribution in [0.5, 0.6) is 0 Å². The first-order valence-electron chi connectivity index (χ1n) is 5.26. The Bertz CT molecular complexity index is 544. The fourth-order valence-corrected chi connectivity index (χ4v) is 1.59. The molecule has 0 aliphatic rings. The van der Waals surface area contributed by atoms with Crippen LogP contribution >= 0.6 is 0 Å². The zero-order chi connectivity index (χ0) is 12.3. The molecule has 4 heteroatoms. The molecule has 0 spiro atoms. The third-order valence-corrected chi connectivity index (χ3v) is 2.48. The second-order valence-corrected chi connectivity index (χ2v) is 3.70. The third kappa shape index (κ3) is 2.42. The molecule has 0 heterocycles. The lowest BCUT2D eigenvalue weighted by atomic mass is 10.0. The van der Waals surface area contributed by atoms with Crippen LogP contribution in [0, 0.1) is 0 Å². The summed E-state index contributed by atoms with van der Waals surface area (Å²) in [5.41, 5.74) is 15.6. The quantitative estimate of drug-likeness (QED) is 0.609. The van der Waals surface area contributed by atoms with Crippen molar-refractivity contribution in [3.8, 4) is 11.1 Å². The van der Waals surface area contributed by atoms with Crippen LogP contribution in [-0.2, 0) is 0 Å². The van der Waals surface area contributed by atoms with E-state index >= 15 is 0 Å². The van der Waals surface area contributed by atoms with Gasteiger partial charge in [0.15, 0.2) is 0 Å². The normalized spacial score (nSPS) is 10.9. The summed E-state index contributed by atoms with van der Waals surface area (Å²) in [4.78, 5) is 0. The molecule has 0 saturated carbocycles. The van der Waals surface area contributed by atoms with Gasteiger partial charge in [-0.05, 0) is 35.4 Å². The van der Waals surface area contributed by atoms with Crippen LogP contribution in [0.4, 0.5) is 17.1 Å². The SMILES string of the molecule is CN=Nc1cc(-c2ccc(N)cc2)ccc1N. The van der Waals surface area contributed by atoms with Crippen molar-refractivity contribution in [2.75, 3.05) is 18.5 Å². The first-order valence-corrected chi connectivity index (χ1v) is 5.26. The summed E-state index contributed by atoms with van der Waals surface area (Å²) in [7, 11) is 1.62. The van der Waals surface area contributed by atoms with E-state index in [0.717, 1.165) is 16.8 Å². The van der Waals surface area contributed by atoms with E-state index in [4.69, 9.17) is 11.5 Å². The van der Waals surface area contributed by atoms with Crippen LogP contribution in [0.15, 0.2) is 52.7 Å². The summed E-state index contributed by atoms with van der Waals surface area (Å²) in [6, 6.07) is 13.4. The monoisotopic (exact) mass is 226 g/mol. The minimum atomic E-state index is 0.620. The summed E-state index contributed by atoms with van der Waals surface area (Å²) in [6.45, 7) is 0. The van der Waals surface area contributed by atoms with Gasteiger partial charge in [0.2, 0.25) is 0 Å². The van der Waals surface area contributed by atoms with Crippen molar-refractivity contribution < 1.29 is 0 Å². The molecule has 0 fully saturated rings. The Morgan fingerprint density at radius 3 is 2.18 bits per heavy atom. The van der Waals surface area contributed by atoms with E-state index in [0.29, 0.717) is 11.4 Å². The number of azo groups is 1. The van der Waals surface area contributed by atoms with Gasteiger partial charge in [0.25, 0.3) is 0 Å². The smallest absolute Gasteiger partial charge is 0.109 e. The maximum absolute atomic E-state index is 5.80. The number of nitrogens with zero attached hydrogens (tertiary/aromatic N) is 2. The topological polar surface area (TPSA) is 76.8 Å². The summed E-state index contributed by atoms with van der Waals surface area (Å²) >= 11 is 0. The Balaban J connectivity index is 2.46. The molecule has 17 heavy (non-hydrogen) atoms. The van der Waals surface area contributed by atoms with Gasteiger partial charge in [-0.25, -0.2) is 0 Å².